The van der Waals surface area contributed by atoms with Gasteiger partial charge in [0.15, 0.2) is 0 Å². The van der Waals surface area contributed by atoms with E-state index >= 15 is 0 Å². The molecule has 0 aliphatic carbocycles. The lowest BCUT2D eigenvalue weighted by Gasteiger charge is -2.06. The van der Waals surface area contributed by atoms with Crippen molar-refractivity contribution in [3.8, 4) is 6.07 Å². The Morgan fingerprint density at radius 2 is 2.13 bits per heavy atom. The number of benzene rings is 1. The third kappa shape index (κ3) is 3.05. The van der Waals surface area contributed by atoms with E-state index in [9.17, 15) is 4.79 Å². The smallest absolute Gasteiger partial charge is 0.307 e. The molecule has 0 radical (unpaired) electrons. The first-order valence-electron chi connectivity index (χ1n) is 4.07. The zero-order chi connectivity index (χ0) is 11.4. The predicted molar refractivity (Wildman–Crippen MR) is 62.8 cm³/mol. The van der Waals surface area contributed by atoms with E-state index < -0.39 is 5.97 Å². The van der Waals surface area contributed by atoms with Crippen LogP contribution in [-0.4, -0.2) is 11.1 Å². The molecular formula is C10H7Br2NO2. The lowest BCUT2D eigenvalue weighted by atomic mass is 10.0. The van der Waals surface area contributed by atoms with Gasteiger partial charge in [-0.25, -0.2) is 0 Å². The van der Waals surface area contributed by atoms with Crippen molar-refractivity contribution in [2.24, 2.45) is 0 Å². The van der Waals surface area contributed by atoms with E-state index in [4.69, 9.17) is 10.4 Å². The predicted octanol–water partition coefficient (Wildman–Crippen LogP) is 2.84. The highest BCUT2D eigenvalue weighted by atomic mass is 79.9. The van der Waals surface area contributed by atoms with Crippen LogP contribution in [0.25, 0.3) is 0 Å². The first kappa shape index (κ1) is 12.2. The summed E-state index contributed by atoms with van der Waals surface area (Å²) in [7, 11) is 0. The fourth-order valence-corrected chi connectivity index (χ4v) is 2.20. The van der Waals surface area contributed by atoms with Crippen LogP contribution < -0.4 is 0 Å². The van der Waals surface area contributed by atoms with Crippen LogP contribution in [0, 0.1) is 11.3 Å². The summed E-state index contributed by atoms with van der Waals surface area (Å²) in [4.78, 5) is 10.6. The van der Waals surface area contributed by atoms with Crippen molar-refractivity contribution in [2.45, 2.75) is 11.8 Å². The Bertz CT molecular complexity index is 438. The van der Waals surface area contributed by atoms with E-state index in [2.05, 4.69) is 31.9 Å². The van der Waals surface area contributed by atoms with Crippen LogP contribution >= 0.6 is 31.9 Å². The molecule has 15 heavy (non-hydrogen) atoms. The fourth-order valence-electron chi connectivity index (χ4n) is 1.20. The minimum atomic E-state index is -0.900. The van der Waals surface area contributed by atoms with E-state index in [0.29, 0.717) is 20.9 Å². The number of halogens is 2. The maximum atomic E-state index is 10.6. The summed E-state index contributed by atoms with van der Waals surface area (Å²) in [5.74, 6) is -0.900. The van der Waals surface area contributed by atoms with E-state index in [1.54, 1.807) is 12.1 Å². The number of aliphatic carboxylic acids is 1. The van der Waals surface area contributed by atoms with Gasteiger partial charge in [0, 0.05) is 9.80 Å². The molecule has 1 rings (SSSR count). The van der Waals surface area contributed by atoms with Gasteiger partial charge < -0.3 is 5.11 Å². The molecule has 0 saturated carbocycles. The largest absolute Gasteiger partial charge is 0.481 e. The van der Waals surface area contributed by atoms with E-state index in [-0.39, 0.29) is 6.42 Å². The van der Waals surface area contributed by atoms with Crippen LogP contribution in [0.2, 0.25) is 0 Å². The van der Waals surface area contributed by atoms with Gasteiger partial charge in [-0.3, -0.25) is 4.79 Å². The summed E-state index contributed by atoms with van der Waals surface area (Å²) >= 11 is 6.54. The molecule has 5 heteroatoms. The number of hydrogen-bond acceptors (Lipinski definition) is 2. The molecule has 1 aromatic carbocycles. The number of carboxylic acids is 1. The summed E-state index contributed by atoms with van der Waals surface area (Å²) in [5, 5.41) is 18.1. The van der Waals surface area contributed by atoms with Gasteiger partial charge in [-0.15, -0.1) is 0 Å². The second kappa shape index (κ2) is 5.29. The Kier molecular flexibility index (Phi) is 4.30. The average molecular weight is 333 g/mol. The van der Waals surface area contributed by atoms with Gasteiger partial charge in [0.05, 0.1) is 12.0 Å². The van der Waals surface area contributed by atoms with Crippen LogP contribution in [0.1, 0.15) is 16.7 Å². The monoisotopic (exact) mass is 331 g/mol. The van der Waals surface area contributed by atoms with Crippen molar-refractivity contribution in [3.63, 3.8) is 0 Å². The molecule has 0 saturated heterocycles. The summed E-state index contributed by atoms with van der Waals surface area (Å²) in [6, 6.07) is 5.38. The molecule has 0 aliphatic rings. The molecule has 0 bridgehead atoms. The lowest BCUT2D eigenvalue weighted by molar-refractivity contribution is -0.136. The minimum absolute atomic E-state index is 0.0666. The van der Waals surface area contributed by atoms with Crippen molar-refractivity contribution >= 4 is 37.8 Å². The molecule has 78 valence electrons. The number of nitrogens with zero attached hydrogens (tertiary/aromatic N) is 1. The summed E-state index contributed by atoms with van der Waals surface area (Å²) in [6.07, 6.45) is -0.0666. The third-order valence-electron chi connectivity index (χ3n) is 1.90. The molecule has 0 spiro atoms. The molecule has 0 fully saturated rings. The molecule has 0 heterocycles. The Hall–Kier alpha value is -0.860. The molecule has 0 unspecified atom stereocenters. The molecular weight excluding hydrogens is 326 g/mol. The number of nitriles is 1. The normalized spacial score (nSPS) is 9.67. The van der Waals surface area contributed by atoms with Gasteiger partial charge in [0.25, 0.3) is 0 Å². The van der Waals surface area contributed by atoms with Crippen molar-refractivity contribution in [1.29, 1.82) is 5.26 Å². The molecule has 0 aromatic heterocycles. The molecule has 1 aromatic rings. The van der Waals surface area contributed by atoms with Crippen LogP contribution in [-0.2, 0) is 16.5 Å². The van der Waals surface area contributed by atoms with Crippen molar-refractivity contribution in [3.05, 3.63) is 33.3 Å². The molecule has 1 N–H and O–H groups in total. The maximum absolute atomic E-state index is 10.6. The Labute approximate surface area is 104 Å². The number of carbonyl (C=O) groups is 1. The SMILES string of the molecule is N#Cc1cc(CC(=O)O)c(CBr)cc1Br. The van der Waals surface area contributed by atoms with Gasteiger partial charge in [-0.2, -0.15) is 5.26 Å². The van der Waals surface area contributed by atoms with Crippen molar-refractivity contribution in [2.75, 3.05) is 0 Å². The van der Waals surface area contributed by atoms with Gasteiger partial charge >= 0.3 is 5.97 Å². The van der Waals surface area contributed by atoms with Gasteiger partial charge in [-0.1, -0.05) is 15.9 Å². The first-order chi connectivity index (χ1) is 7.08. The van der Waals surface area contributed by atoms with E-state index in [1.807, 2.05) is 6.07 Å². The quantitative estimate of drug-likeness (QED) is 0.866. The highest BCUT2D eigenvalue weighted by Gasteiger charge is 2.10. The minimum Gasteiger partial charge on any atom is -0.481 e. The zero-order valence-corrected chi connectivity index (χ0v) is 10.8. The Balaban J connectivity index is 3.23. The van der Waals surface area contributed by atoms with Crippen LogP contribution in [0.3, 0.4) is 0 Å². The number of rotatable bonds is 3. The maximum Gasteiger partial charge on any atom is 0.307 e. The standard InChI is InChI=1S/C10H7Br2NO2/c11-4-7-2-9(12)8(5-13)1-6(7)3-10(14)15/h1-2H,3-4H2,(H,14,15). The molecule has 0 amide bonds. The summed E-state index contributed by atoms with van der Waals surface area (Å²) in [6.45, 7) is 0. The van der Waals surface area contributed by atoms with Crippen LogP contribution in [0.4, 0.5) is 0 Å². The topological polar surface area (TPSA) is 61.1 Å². The fraction of sp³-hybridized carbons (Fsp3) is 0.200. The molecule has 0 aliphatic heterocycles. The number of hydrogen-bond donors (Lipinski definition) is 1. The van der Waals surface area contributed by atoms with Crippen LogP contribution in [0.5, 0.6) is 0 Å². The van der Waals surface area contributed by atoms with Gasteiger partial charge in [0.2, 0.25) is 0 Å². The van der Waals surface area contributed by atoms with Gasteiger partial charge in [0.1, 0.15) is 6.07 Å². The van der Waals surface area contributed by atoms with Crippen molar-refractivity contribution < 1.29 is 9.90 Å². The highest BCUT2D eigenvalue weighted by molar-refractivity contribution is 9.10. The van der Waals surface area contributed by atoms with E-state index in [0.717, 1.165) is 5.56 Å². The van der Waals surface area contributed by atoms with Crippen LogP contribution in [0.15, 0.2) is 16.6 Å². The Morgan fingerprint density at radius 1 is 1.47 bits per heavy atom. The summed E-state index contributed by atoms with van der Waals surface area (Å²) < 4.78 is 0.689. The Morgan fingerprint density at radius 3 is 2.60 bits per heavy atom. The second-order valence-corrected chi connectivity index (χ2v) is 4.33. The summed E-state index contributed by atoms with van der Waals surface area (Å²) in [5.41, 5.74) is 2.00. The average Bonchev–Trinajstić information content (AvgIpc) is 2.19. The van der Waals surface area contributed by atoms with Crippen molar-refractivity contribution in [1.82, 2.24) is 0 Å². The lowest BCUT2D eigenvalue weighted by Crippen LogP contribution is -2.03. The first-order valence-corrected chi connectivity index (χ1v) is 5.99. The third-order valence-corrected chi connectivity index (χ3v) is 3.16. The highest BCUT2D eigenvalue weighted by Crippen LogP contribution is 2.23. The molecule has 0 atom stereocenters. The van der Waals surface area contributed by atoms with Gasteiger partial charge in [-0.05, 0) is 39.2 Å². The second-order valence-electron chi connectivity index (χ2n) is 2.92. The van der Waals surface area contributed by atoms with E-state index in [1.165, 1.54) is 0 Å². The number of carboxylic acid groups (broad SMARTS) is 1. The molecule has 3 nitrogen and oxygen atoms in total. The zero-order valence-electron chi connectivity index (χ0n) is 7.63. The number of alkyl halides is 1.